The number of alkyl halides is 3. The van der Waals surface area contributed by atoms with Crippen molar-refractivity contribution in [2.24, 2.45) is 5.92 Å². The third-order valence-electron chi connectivity index (χ3n) is 2.23. The van der Waals surface area contributed by atoms with Crippen molar-refractivity contribution in [1.29, 1.82) is 0 Å². The van der Waals surface area contributed by atoms with Gasteiger partial charge >= 0.3 is 6.18 Å². The number of rotatable bonds is 3. The number of carbonyl (C=O) groups is 1. The van der Waals surface area contributed by atoms with Gasteiger partial charge < -0.3 is 5.32 Å². The molecule has 0 aromatic heterocycles. The van der Waals surface area contributed by atoms with Gasteiger partial charge in [0, 0.05) is 6.54 Å². The Morgan fingerprint density at radius 2 is 1.78 bits per heavy atom. The zero-order chi connectivity index (χ0) is 14.2. The summed E-state index contributed by atoms with van der Waals surface area (Å²) in [6.07, 6.45) is -2.36. The van der Waals surface area contributed by atoms with Crippen LogP contribution in [-0.2, 0) is 14.8 Å². The summed E-state index contributed by atoms with van der Waals surface area (Å²) < 4.78 is 55.3. The molecule has 1 saturated heterocycles. The average Bonchev–Trinajstić information content (AvgIpc) is 2.27. The largest absolute Gasteiger partial charge is 0.446 e. The van der Waals surface area contributed by atoms with Crippen LogP contribution < -0.4 is 10.0 Å². The first-order valence-corrected chi connectivity index (χ1v) is 7.21. The first-order valence-electron chi connectivity index (χ1n) is 5.32. The molecule has 1 rings (SSSR count). The molecule has 5 nitrogen and oxygen atoms in total. The fourth-order valence-corrected chi connectivity index (χ4v) is 1.89. The number of piperidine rings is 1. The van der Waals surface area contributed by atoms with Gasteiger partial charge in [0.05, 0.1) is 6.26 Å². The smallest absolute Gasteiger partial charge is 0.317 e. The minimum absolute atomic E-state index is 0.515. The highest BCUT2D eigenvalue weighted by atomic mass is 32.2. The number of sulfonamides is 1. The molecule has 2 N–H and O–H groups in total. The van der Waals surface area contributed by atoms with Crippen molar-refractivity contribution in [2.75, 3.05) is 25.9 Å². The van der Waals surface area contributed by atoms with Gasteiger partial charge in [-0.1, -0.05) is 0 Å². The average molecular weight is 290 g/mol. The van der Waals surface area contributed by atoms with Crippen molar-refractivity contribution in [1.82, 2.24) is 10.0 Å². The molecule has 0 saturated carbocycles. The van der Waals surface area contributed by atoms with Crippen LogP contribution in [-0.4, -0.2) is 46.8 Å². The van der Waals surface area contributed by atoms with Crippen LogP contribution in [0.15, 0.2) is 0 Å². The summed E-state index contributed by atoms with van der Waals surface area (Å²) in [4.78, 5) is 8.70. The maximum Gasteiger partial charge on any atom is 0.446 e. The number of aldehydes is 1. The fraction of sp³-hybridized carbons (Fsp3) is 0.889. The number of nitrogens with one attached hydrogen (secondary N) is 2. The van der Waals surface area contributed by atoms with E-state index in [9.17, 15) is 21.6 Å². The van der Waals surface area contributed by atoms with E-state index >= 15 is 0 Å². The fourth-order valence-electron chi connectivity index (χ4n) is 1.36. The zero-order valence-electron chi connectivity index (χ0n) is 9.96. The molecule has 9 heteroatoms. The Bertz CT molecular complexity index is 337. The van der Waals surface area contributed by atoms with Crippen molar-refractivity contribution >= 4 is 16.3 Å². The normalized spacial score (nSPS) is 17.8. The van der Waals surface area contributed by atoms with Gasteiger partial charge in [0.15, 0.2) is 0 Å². The number of halogens is 3. The third kappa shape index (κ3) is 11.8. The third-order valence-corrected chi connectivity index (χ3v) is 2.92. The highest BCUT2D eigenvalue weighted by molar-refractivity contribution is 7.88. The van der Waals surface area contributed by atoms with E-state index in [1.165, 1.54) is 6.26 Å². The van der Waals surface area contributed by atoms with Crippen LogP contribution in [0.3, 0.4) is 0 Å². The first kappa shape index (κ1) is 17.3. The van der Waals surface area contributed by atoms with Crippen molar-refractivity contribution in [2.45, 2.75) is 19.0 Å². The van der Waals surface area contributed by atoms with E-state index in [0.717, 1.165) is 25.9 Å². The highest BCUT2D eigenvalue weighted by Gasteiger charge is 2.24. The lowest BCUT2D eigenvalue weighted by Gasteiger charge is -2.22. The second-order valence-corrected chi connectivity index (χ2v) is 5.81. The Labute approximate surface area is 104 Å². The maximum absolute atomic E-state index is 10.7. The van der Waals surface area contributed by atoms with E-state index in [4.69, 9.17) is 4.79 Å². The summed E-state index contributed by atoms with van der Waals surface area (Å²) in [5.74, 6) is 0.515. The molecule has 0 spiro atoms. The monoisotopic (exact) mass is 290 g/mol. The van der Waals surface area contributed by atoms with Crippen molar-refractivity contribution in [3.8, 4) is 0 Å². The topological polar surface area (TPSA) is 75.3 Å². The predicted molar refractivity (Wildman–Crippen MR) is 60.6 cm³/mol. The van der Waals surface area contributed by atoms with Crippen molar-refractivity contribution in [3.05, 3.63) is 0 Å². The van der Waals surface area contributed by atoms with Gasteiger partial charge in [-0.2, -0.15) is 13.2 Å². The van der Waals surface area contributed by atoms with Crippen molar-refractivity contribution < 1.29 is 26.4 Å². The van der Waals surface area contributed by atoms with Gasteiger partial charge in [-0.3, -0.25) is 4.79 Å². The molecule has 18 heavy (non-hydrogen) atoms. The summed E-state index contributed by atoms with van der Waals surface area (Å²) in [5, 5.41) is 3.23. The summed E-state index contributed by atoms with van der Waals surface area (Å²) in [6, 6.07) is 0. The van der Waals surface area contributed by atoms with E-state index < -0.39 is 22.5 Å². The van der Waals surface area contributed by atoms with Gasteiger partial charge in [-0.05, 0) is 31.8 Å². The molecular weight excluding hydrogens is 273 g/mol. The van der Waals surface area contributed by atoms with E-state index in [1.54, 1.807) is 0 Å². The van der Waals surface area contributed by atoms with E-state index in [0.29, 0.717) is 12.5 Å². The standard InChI is InChI=1S/C7H16N2O2S.C2HF3O/c1-12(10,11)9-6-7-2-4-8-5-3-7;3-2(4,5)1-6/h7-9H,2-6H2,1H3;1H. The zero-order valence-corrected chi connectivity index (χ0v) is 10.8. The number of hydrogen-bond donors (Lipinski definition) is 2. The summed E-state index contributed by atoms with van der Waals surface area (Å²) in [7, 11) is -2.99. The molecule has 1 heterocycles. The molecule has 0 unspecified atom stereocenters. The summed E-state index contributed by atoms with van der Waals surface area (Å²) in [5.41, 5.74) is 0. The second-order valence-electron chi connectivity index (χ2n) is 3.97. The lowest BCUT2D eigenvalue weighted by Crippen LogP contribution is -2.35. The van der Waals surface area contributed by atoms with Gasteiger partial charge in [-0.15, -0.1) is 0 Å². The van der Waals surface area contributed by atoms with Crippen LogP contribution in [0.4, 0.5) is 13.2 Å². The Balaban J connectivity index is 0.000000411. The Hall–Kier alpha value is -0.670. The Morgan fingerprint density at radius 3 is 2.11 bits per heavy atom. The Morgan fingerprint density at radius 1 is 1.33 bits per heavy atom. The van der Waals surface area contributed by atoms with E-state index in [2.05, 4.69) is 10.0 Å². The molecule has 1 fully saturated rings. The second kappa shape index (κ2) is 7.70. The van der Waals surface area contributed by atoms with Crippen molar-refractivity contribution in [3.63, 3.8) is 0 Å². The molecule has 108 valence electrons. The summed E-state index contributed by atoms with van der Waals surface area (Å²) in [6.45, 7) is 2.62. The predicted octanol–water partition coefficient (Wildman–Crippen LogP) is 0.283. The van der Waals surface area contributed by atoms with E-state index in [1.807, 2.05) is 0 Å². The molecule has 0 bridgehead atoms. The highest BCUT2D eigenvalue weighted by Crippen LogP contribution is 2.09. The molecule has 0 radical (unpaired) electrons. The molecule has 0 aromatic carbocycles. The van der Waals surface area contributed by atoms with Crippen LogP contribution in [0.1, 0.15) is 12.8 Å². The molecule has 0 aliphatic carbocycles. The van der Waals surface area contributed by atoms with Crippen LogP contribution in [0.25, 0.3) is 0 Å². The van der Waals surface area contributed by atoms with Crippen LogP contribution in [0, 0.1) is 5.92 Å². The quantitative estimate of drug-likeness (QED) is 0.732. The van der Waals surface area contributed by atoms with Crippen LogP contribution in [0.2, 0.25) is 0 Å². The van der Waals surface area contributed by atoms with Gasteiger partial charge in [0.2, 0.25) is 16.3 Å². The van der Waals surface area contributed by atoms with Crippen LogP contribution in [0.5, 0.6) is 0 Å². The molecule has 0 atom stereocenters. The maximum atomic E-state index is 10.7. The molecule has 0 amide bonds. The molecule has 1 aliphatic rings. The minimum Gasteiger partial charge on any atom is -0.317 e. The molecular formula is C9H17F3N2O3S. The lowest BCUT2D eigenvalue weighted by molar-refractivity contribution is -0.156. The van der Waals surface area contributed by atoms with Gasteiger partial charge in [0.1, 0.15) is 0 Å². The minimum atomic E-state index is -4.64. The van der Waals surface area contributed by atoms with Gasteiger partial charge in [0.25, 0.3) is 0 Å². The molecule has 0 aromatic rings. The first-order chi connectivity index (χ1) is 8.14. The summed E-state index contributed by atoms with van der Waals surface area (Å²) >= 11 is 0. The lowest BCUT2D eigenvalue weighted by atomic mass is 9.99. The SMILES string of the molecule is CS(=O)(=O)NCC1CCNCC1.O=CC(F)(F)F. The van der Waals surface area contributed by atoms with Gasteiger partial charge in [-0.25, -0.2) is 13.1 Å². The van der Waals surface area contributed by atoms with E-state index in [-0.39, 0.29) is 0 Å². The number of carbonyl (C=O) groups excluding carboxylic acids is 1. The van der Waals surface area contributed by atoms with Crippen LogP contribution >= 0.6 is 0 Å². The number of hydrogen-bond acceptors (Lipinski definition) is 4. The molecule has 1 aliphatic heterocycles. The Kier molecular flexibility index (Phi) is 7.41.